The van der Waals surface area contributed by atoms with Crippen molar-refractivity contribution >= 4 is 18.0 Å². The molecule has 7 nitrogen and oxygen atoms in total. The highest BCUT2D eigenvalue weighted by atomic mass is 16.6. The number of nitrogens with zero attached hydrogens (tertiary/aromatic N) is 1. The van der Waals surface area contributed by atoms with Gasteiger partial charge in [0.15, 0.2) is 0 Å². The normalized spacial score (nSPS) is 22.3. The van der Waals surface area contributed by atoms with Crippen molar-refractivity contribution in [2.24, 2.45) is 0 Å². The second-order valence-electron chi connectivity index (χ2n) is 6.75. The van der Waals surface area contributed by atoms with Crippen molar-refractivity contribution in [1.29, 1.82) is 0 Å². The van der Waals surface area contributed by atoms with Crippen LogP contribution < -0.4 is 5.32 Å². The summed E-state index contributed by atoms with van der Waals surface area (Å²) in [7, 11) is 0. The van der Waals surface area contributed by atoms with Crippen molar-refractivity contribution in [2.75, 3.05) is 13.2 Å². The summed E-state index contributed by atoms with van der Waals surface area (Å²) in [4.78, 5) is 37.7. The summed E-state index contributed by atoms with van der Waals surface area (Å²) < 4.78 is 10.1. The molecule has 0 aromatic rings. The molecular formula is C16H28N2O5. The molecule has 132 valence electrons. The SMILES string of the molecule is CCOC(=O)CN1C(=O)[C@@H](NC(=O)OC(C)(C)C)CCC[C@H]1C. The molecule has 1 aliphatic rings. The Labute approximate surface area is 137 Å². The Morgan fingerprint density at radius 1 is 1.30 bits per heavy atom. The number of alkyl carbamates (subject to hydrolysis) is 1. The first-order valence-electron chi connectivity index (χ1n) is 8.09. The molecule has 0 saturated carbocycles. The molecule has 0 aromatic carbocycles. The van der Waals surface area contributed by atoms with E-state index < -0.39 is 23.7 Å². The molecule has 1 aliphatic heterocycles. The summed E-state index contributed by atoms with van der Waals surface area (Å²) in [5.41, 5.74) is -0.629. The zero-order chi connectivity index (χ0) is 17.6. The van der Waals surface area contributed by atoms with Crippen LogP contribution in [0.1, 0.15) is 53.9 Å². The molecule has 1 saturated heterocycles. The van der Waals surface area contributed by atoms with Crippen LogP contribution in [0.2, 0.25) is 0 Å². The highest BCUT2D eigenvalue weighted by Gasteiger charge is 2.34. The largest absolute Gasteiger partial charge is 0.465 e. The fraction of sp³-hybridized carbons (Fsp3) is 0.812. The molecule has 0 aromatic heterocycles. The van der Waals surface area contributed by atoms with E-state index in [1.807, 2.05) is 6.92 Å². The number of esters is 1. The van der Waals surface area contributed by atoms with E-state index in [-0.39, 0.29) is 25.1 Å². The summed E-state index contributed by atoms with van der Waals surface area (Å²) in [6.45, 7) is 9.07. The number of hydrogen-bond acceptors (Lipinski definition) is 5. The van der Waals surface area contributed by atoms with Gasteiger partial charge in [0.25, 0.3) is 0 Å². The van der Waals surface area contributed by atoms with Gasteiger partial charge < -0.3 is 19.7 Å². The number of carbonyl (C=O) groups excluding carboxylic acids is 3. The summed E-state index contributed by atoms with van der Waals surface area (Å²) in [6, 6.07) is -0.749. The fourth-order valence-electron chi connectivity index (χ4n) is 2.48. The van der Waals surface area contributed by atoms with Crippen LogP contribution >= 0.6 is 0 Å². The average Bonchev–Trinajstić information content (AvgIpc) is 2.51. The van der Waals surface area contributed by atoms with E-state index in [1.165, 1.54) is 4.90 Å². The molecule has 0 unspecified atom stereocenters. The fourth-order valence-corrected chi connectivity index (χ4v) is 2.48. The van der Waals surface area contributed by atoms with Gasteiger partial charge in [0.1, 0.15) is 18.2 Å². The highest BCUT2D eigenvalue weighted by molar-refractivity contribution is 5.88. The topological polar surface area (TPSA) is 84.9 Å². The minimum absolute atomic E-state index is 0.0719. The number of rotatable bonds is 4. The van der Waals surface area contributed by atoms with Crippen LogP contribution in [-0.4, -0.2) is 53.7 Å². The first-order chi connectivity index (χ1) is 10.6. The number of hydrogen-bond donors (Lipinski definition) is 1. The molecule has 2 atom stereocenters. The van der Waals surface area contributed by atoms with E-state index in [0.29, 0.717) is 6.42 Å². The van der Waals surface area contributed by atoms with Gasteiger partial charge in [-0.2, -0.15) is 0 Å². The molecular weight excluding hydrogens is 300 g/mol. The van der Waals surface area contributed by atoms with E-state index in [1.54, 1.807) is 27.7 Å². The van der Waals surface area contributed by atoms with E-state index in [2.05, 4.69) is 5.32 Å². The lowest BCUT2D eigenvalue weighted by Gasteiger charge is -2.29. The number of nitrogens with one attached hydrogen (secondary N) is 1. The molecule has 0 radical (unpaired) electrons. The Balaban J connectivity index is 2.75. The third-order valence-corrected chi connectivity index (χ3v) is 3.52. The molecule has 1 heterocycles. The van der Waals surface area contributed by atoms with Crippen LogP contribution in [0, 0.1) is 0 Å². The van der Waals surface area contributed by atoms with Gasteiger partial charge in [-0.15, -0.1) is 0 Å². The number of likely N-dealkylation sites (tertiary alicyclic amines) is 1. The molecule has 1 fully saturated rings. The van der Waals surface area contributed by atoms with Gasteiger partial charge in [-0.1, -0.05) is 0 Å². The van der Waals surface area contributed by atoms with Crippen LogP contribution in [0.5, 0.6) is 0 Å². The Hall–Kier alpha value is -1.79. The summed E-state index contributed by atoms with van der Waals surface area (Å²) >= 11 is 0. The Bertz CT molecular complexity index is 444. The highest BCUT2D eigenvalue weighted by Crippen LogP contribution is 2.19. The van der Waals surface area contributed by atoms with Crippen molar-refractivity contribution in [2.45, 2.75) is 71.6 Å². The first kappa shape index (κ1) is 19.3. The second-order valence-corrected chi connectivity index (χ2v) is 6.75. The zero-order valence-electron chi connectivity index (χ0n) is 14.7. The van der Waals surface area contributed by atoms with Crippen molar-refractivity contribution in [1.82, 2.24) is 10.2 Å². The first-order valence-corrected chi connectivity index (χ1v) is 8.09. The lowest BCUT2D eigenvalue weighted by molar-refractivity contribution is -0.150. The lowest BCUT2D eigenvalue weighted by Crippen LogP contribution is -2.51. The minimum Gasteiger partial charge on any atom is -0.465 e. The van der Waals surface area contributed by atoms with Gasteiger partial charge in [0, 0.05) is 6.04 Å². The van der Waals surface area contributed by atoms with Gasteiger partial charge in [0.2, 0.25) is 5.91 Å². The summed E-state index contributed by atoms with van der Waals surface area (Å²) in [5.74, 6) is -0.709. The average molecular weight is 328 g/mol. The van der Waals surface area contributed by atoms with Crippen LogP contribution in [0.15, 0.2) is 0 Å². The van der Waals surface area contributed by atoms with Gasteiger partial charge >= 0.3 is 12.1 Å². The minimum atomic E-state index is -0.677. The predicted molar refractivity (Wildman–Crippen MR) is 84.8 cm³/mol. The Morgan fingerprint density at radius 2 is 1.96 bits per heavy atom. The zero-order valence-corrected chi connectivity index (χ0v) is 14.7. The maximum absolute atomic E-state index is 12.6. The van der Waals surface area contributed by atoms with Gasteiger partial charge in [0.05, 0.1) is 6.61 Å². The molecule has 23 heavy (non-hydrogen) atoms. The van der Waals surface area contributed by atoms with Crippen LogP contribution in [-0.2, 0) is 19.1 Å². The third kappa shape index (κ3) is 6.46. The molecule has 0 spiro atoms. The van der Waals surface area contributed by atoms with Crippen molar-refractivity contribution in [3.05, 3.63) is 0 Å². The van der Waals surface area contributed by atoms with Crippen molar-refractivity contribution < 1.29 is 23.9 Å². The molecule has 7 heteroatoms. The van der Waals surface area contributed by atoms with Gasteiger partial charge in [-0.3, -0.25) is 9.59 Å². The Kier molecular flexibility index (Phi) is 6.84. The number of ether oxygens (including phenoxy) is 2. The summed E-state index contributed by atoms with van der Waals surface area (Å²) in [6.07, 6.45) is 1.47. The van der Waals surface area contributed by atoms with E-state index in [4.69, 9.17) is 9.47 Å². The van der Waals surface area contributed by atoms with Crippen molar-refractivity contribution in [3.8, 4) is 0 Å². The van der Waals surface area contributed by atoms with Crippen LogP contribution in [0.25, 0.3) is 0 Å². The van der Waals surface area contributed by atoms with Crippen LogP contribution in [0.4, 0.5) is 4.79 Å². The molecule has 0 aliphatic carbocycles. The third-order valence-electron chi connectivity index (χ3n) is 3.52. The van der Waals surface area contributed by atoms with Crippen molar-refractivity contribution in [3.63, 3.8) is 0 Å². The lowest BCUT2D eigenvalue weighted by atomic mass is 10.1. The van der Waals surface area contributed by atoms with Crippen LogP contribution in [0.3, 0.4) is 0 Å². The maximum Gasteiger partial charge on any atom is 0.408 e. The molecule has 1 rings (SSSR count). The summed E-state index contributed by atoms with van der Waals surface area (Å²) in [5, 5.41) is 2.62. The number of amides is 2. The van der Waals surface area contributed by atoms with Gasteiger partial charge in [-0.25, -0.2) is 4.79 Å². The molecule has 2 amide bonds. The number of carbonyl (C=O) groups is 3. The quantitative estimate of drug-likeness (QED) is 0.796. The smallest absolute Gasteiger partial charge is 0.408 e. The van der Waals surface area contributed by atoms with E-state index in [0.717, 1.165) is 12.8 Å². The van der Waals surface area contributed by atoms with Gasteiger partial charge in [-0.05, 0) is 53.9 Å². The molecule has 0 bridgehead atoms. The predicted octanol–water partition coefficient (Wildman–Crippen LogP) is 1.84. The standard InChI is InChI=1S/C16H28N2O5/c1-6-22-13(19)10-18-11(2)8-7-9-12(14(18)20)17-15(21)23-16(3,4)5/h11-12H,6-10H2,1-5H3,(H,17,21)/t11-,12+/m1/s1. The monoisotopic (exact) mass is 328 g/mol. The van der Waals surface area contributed by atoms with E-state index >= 15 is 0 Å². The molecule has 1 N–H and O–H groups in total. The van der Waals surface area contributed by atoms with E-state index in [9.17, 15) is 14.4 Å². The maximum atomic E-state index is 12.6. The second kappa shape index (κ2) is 8.17. The Morgan fingerprint density at radius 3 is 2.52 bits per heavy atom.